The maximum Gasteiger partial charge on any atom is 0.178 e. The Labute approximate surface area is 87.4 Å². The number of hydrogen-bond donors (Lipinski definition) is 0. The largest absolute Gasteiger partial charge is 0.449 e. The molecule has 1 saturated heterocycles. The summed E-state index contributed by atoms with van der Waals surface area (Å²) in [5.74, 6) is 2.16. The first-order valence-electron chi connectivity index (χ1n) is 5.26. The summed E-state index contributed by atoms with van der Waals surface area (Å²) in [6, 6.07) is 10.6. The fraction of sp³-hybridized carbons (Fsp3) is 0.231. The first-order valence-corrected chi connectivity index (χ1v) is 5.26. The van der Waals surface area contributed by atoms with Crippen LogP contribution in [0.5, 0.6) is 11.5 Å². The average molecular weight is 198 g/mol. The van der Waals surface area contributed by atoms with Gasteiger partial charge in [-0.05, 0) is 11.5 Å². The zero-order chi connectivity index (χ0) is 9.83. The van der Waals surface area contributed by atoms with E-state index in [0.717, 1.165) is 24.5 Å². The van der Waals surface area contributed by atoms with Crippen molar-refractivity contribution < 1.29 is 9.47 Å². The van der Waals surface area contributed by atoms with Crippen molar-refractivity contribution in [1.29, 1.82) is 0 Å². The Hall–Kier alpha value is -1.54. The number of hydrogen-bond acceptors (Lipinski definition) is 2. The second-order valence-electron chi connectivity index (χ2n) is 4.18. The highest BCUT2D eigenvalue weighted by atomic mass is 16.6. The predicted molar refractivity (Wildman–Crippen MR) is 57.5 cm³/mol. The molecule has 2 aliphatic heterocycles. The molecule has 15 heavy (non-hydrogen) atoms. The third-order valence-electron chi connectivity index (χ3n) is 3.05. The normalized spacial score (nSPS) is 20.9. The monoisotopic (exact) mass is 198 g/mol. The predicted octanol–water partition coefficient (Wildman–Crippen LogP) is 2.89. The number of fused-ring (bicyclic) bond motifs is 3. The van der Waals surface area contributed by atoms with Gasteiger partial charge in [0.2, 0.25) is 0 Å². The van der Waals surface area contributed by atoms with Gasteiger partial charge in [0.05, 0.1) is 12.7 Å². The van der Waals surface area contributed by atoms with Crippen molar-refractivity contribution in [2.45, 2.75) is 12.5 Å². The molecule has 0 aliphatic carbocycles. The van der Waals surface area contributed by atoms with E-state index in [9.17, 15) is 0 Å². The summed E-state index contributed by atoms with van der Waals surface area (Å²) in [7, 11) is 0. The summed E-state index contributed by atoms with van der Waals surface area (Å²) in [6.07, 6.45) is 1.42. The maximum atomic E-state index is 5.56. The van der Waals surface area contributed by atoms with E-state index in [1.807, 2.05) is 6.07 Å². The van der Waals surface area contributed by atoms with Crippen molar-refractivity contribution in [3.8, 4) is 11.5 Å². The minimum Gasteiger partial charge on any atom is -0.449 e. The van der Waals surface area contributed by atoms with Gasteiger partial charge in [-0.15, -0.1) is 0 Å². The fourth-order valence-electron chi connectivity index (χ4n) is 2.13. The maximum absolute atomic E-state index is 5.56. The van der Waals surface area contributed by atoms with E-state index in [2.05, 4.69) is 24.3 Å². The molecular formula is C13H10O2. The van der Waals surface area contributed by atoms with Gasteiger partial charge < -0.3 is 9.47 Å². The molecular weight excluding hydrogens is 188 g/mol. The van der Waals surface area contributed by atoms with Crippen molar-refractivity contribution in [1.82, 2.24) is 0 Å². The molecule has 2 nitrogen and oxygen atoms in total. The quantitative estimate of drug-likeness (QED) is 0.591. The van der Waals surface area contributed by atoms with Crippen LogP contribution in [-0.2, 0) is 11.2 Å². The Morgan fingerprint density at radius 1 is 1.20 bits per heavy atom. The van der Waals surface area contributed by atoms with Crippen LogP contribution in [0, 0.1) is 0 Å². The van der Waals surface area contributed by atoms with Crippen LogP contribution in [-0.4, -0.2) is 12.7 Å². The van der Waals surface area contributed by atoms with E-state index in [4.69, 9.17) is 9.47 Å². The Morgan fingerprint density at radius 2 is 2.07 bits per heavy atom. The first-order chi connectivity index (χ1) is 7.42. The van der Waals surface area contributed by atoms with Crippen LogP contribution in [0.25, 0.3) is 10.8 Å². The molecule has 4 rings (SSSR count). The number of benzene rings is 2. The Bertz CT molecular complexity index is 556. The van der Waals surface area contributed by atoms with E-state index >= 15 is 0 Å². The van der Waals surface area contributed by atoms with Gasteiger partial charge in [-0.3, -0.25) is 0 Å². The molecule has 2 aromatic carbocycles. The van der Waals surface area contributed by atoms with E-state index in [1.165, 1.54) is 16.3 Å². The molecule has 2 heterocycles. The lowest BCUT2D eigenvalue weighted by Gasteiger charge is -1.96. The lowest BCUT2D eigenvalue weighted by atomic mass is 10.0. The molecule has 1 atom stereocenters. The third-order valence-corrected chi connectivity index (χ3v) is 3.05. The number of epoxide rings is 1. The van der Waals surface area contributed by atoms with E-state index in [-0.39, 0.29) is 0 Å². The Morgan fingerprint density at radius 3 is 2.93 bits per heavy atom. The van der Waals surface area contributed by atoms with Crippen LogP contribution in [0.15, 0.2) is 30.3 Å². The van der Waals surface area contributed by atoms with Gasteiger partial charge in [-0.2, -0.15) is 0 Å². The van der Waals surface area contributed by atoms with Crippen molar-refractivity contribution in [3.63, 3.8) is 0 Å². The lowest BCUT2D eigenvalue weighted by Crippen LogP contribution is -1.90. The standard InChI is InChI=1S/C13H10O2/c1-2-4-11-8(3-1)5-9(6-10-7-14-10)12-13(11)15-12/h1-5,10H,6-7H2/t10-/m0/s1. The van der Waals surface area contributed by atoms with Crippen LogP contribution in [0.4, 0.5) is 0 Å². The lowest BCUT2D eigenvalue weighted by molar-refractivity contribution is 0.407. The van der Waals surface area contributed by atoms with Crippen LogP contribution in [0.3, 0.4) is 0 Å². The molecule has 0 amide bonds. The molecule has 2 aliphatic rings. The molecule has 0 bridgehead atoms. The van der Waals surface area contributed by atoms with Crippen LogP contribution < -0.4 is 4.74 Å². The Balaban J connectivity index is 1.90. The molecule has 74 valence electrons. The molecule has 0 unspecified atom stereocenters. The number of rotatable bonds is 2. The molecule has 2 heteroatoms. The van der Waals surface area contributed by atoms with Gasteiger partial charge in [-0.1, -0.05) is 24.3 Å². The van der Waals surface area contributed by atoms with E-state index < -0.39 is 0 Å². The summed E-state index contributed by atoms with van der Waals surface area (Å²) in [5, 5.41) is 2.50. The van der Waals surface area contributed by atoms with Gasteiger partial charge in [-0.25, -0.2) is 0 Å². The average Bonchev–Trinajstić information content (AvgIpc) is 3.12. The summed E-state index contributed by atoms with van der Waals surface area (Å²) in [4.78, 5) is 0. The SMILES string of the molecule is c1ccc2c3c(c(C[C@H]4CO4)cc2c1)O3. The molecule has 0 spiro atoms. The van der Waals surface area contributed by atoms with Gasteiger partial charge in [0.15, 0.2) is 11.5 Å². The highest BCUT2D eigenvalue weighted by Gasteiger charge is 2.32. The van der Waals surface area contributed by atoms with Crippen molar-refractivity contribution in [3.05, 3.63) is 35.9 Å². The van der Waals surface area contributed by atoms with Crippen LogP contribution >= 0.6 is 0 Å². The topological polar surface area (TPSA) is 25.1 Å². The van der Waals surface area contributed by atoms with E-state index in [0.29, 0.717) is 6.10 Å². The second-order valence-corrected chi connectivity index (χ2v) is 4.18. The highest BCUT2D eigenvalue weighted by Crippen LogP contribution is 2.53. The van der Waals surface area contributed by atoms with Crippen molar-refractivity contribution in [2.24, 2.45) is 0 Å². The van der Waals surface area contributed by atoms with Crippen LogP contribution in [0.1, 0.15) is 5.56 Å². The minimum atomic E-state index is 0.430. The number of ether oxygens (including phenoxy) is 2. The Kier molecular flexibility index (Phi) is 1.30. The zero-order valence-corrected chi connectivity index (χ0v) is 8.19. The van der Waals surface area contributed by atoms with Crippen molar-refractivity contribution >= 4 is 10.8 Å². The van der Waals surface area contributed by atoms with E-state index in [1.54, 1.807) is 0 Å². The summed E-state index contributed by atoms with van der Waals surface area (Å²) in [5.41, 5.74) is 1.30. The molecule has 1 fully saturated rings. The molecule has 0 saturated carbocycles. The summed E-state index contributed by atoms with van der Waals surface area (Å²) < 4.78 is 10.8. The first kappa shape index (κ1) is 7.71. The summed E-state index contributed by atoms with van der Waals surface area (Å²) in [6.45, 7) is 0.904. The highest BCUT2D eigenvalue weighted by molar-refractivity contribution is 5.96. The van der Waals surface area contributed by atoms with Gasteiger partial charge >= 0.3 is 0 Å². The van der Waals surface area contributed by atoms with Crippen molar-refractivity contribution in [2.75, 3.05) is 6.61 Å². The van der Waals surface area contributed by atoms with Crippen LogP contribution in [0.2, 0.25) is 0 Å². The molecule has 0 radical (unpaired) electrons. The second kappa shape index (κ2) is 2.52. The molecule has 0 aromatic heterocycles. The van der Waals surface area contributed by atoms with Gasteiger partial charge in [0.1, 0.15) is 0 Å². The van der Waals surface area contributed by atoms with Gasteiger partial charge in [0, 0.05) is 17.4 Å². The molecule has 2 aromatic rings. The fourth-order valence-corrected chi connectivity index (χ4v) is 2.13. The summed E-state index contributed by atoms with van der Waals surface area (Å²) >= 11 is 0. The smallest absolute Gasteiger partial charge is 0.178 e. The zero-order valence-electron chi connectivity index (χ0n) is 8.19. The van der Waals surface area contributed by atoms with Gasteiger partial charge in [0.25, 0.3) is 0 Å². The minimum absolute atomic E-state index is 0.430. The third kappa shape index (κ3) is 1.15. The molecule has 0 N–H and O–H groups in total.